The highest BCUT2D eigenvalue weighted by molar-refractivity contribution is 6.24. The number of hydrazine groups is 1. The zero-order valence-corrected chi connectivity index (χ0v) is 14.3. The third kappa shape index (κ3) is 4.06. The molecule has 0 bridgehead atoms. The molecule has 8 nitrogen and oxygen atoms in total. The molecule has 0 fully saturated rings. The van der Waals surface area contributed by atoms with Gasteiger partial charge in [-0.1, -0.05) is 35.5 Å². The normalized spacial score (nSPS) is 13.1. The van der Waals surface area contributed by atoms with Gasteiger partial charge in [-0.15, -0.1) is 0 Å². The van der Waals surface area contributed by atoms with Crippen LogP contribution >= 0.6 is 0 Å². The third-order valence-electron chi connectivity index (χ3n) is 3.96. The minimum Gasteiger partial charge on any atom is -0.490 e. The summed E-state index contributed by atoms with van der Waals surface area (Å²) in [5.74, 6) is 0.647. The second kappa shape index (κ2) is 8.52. The Labute approximate surface area is 155 Å². The Balaban J connectivity index is 1.56. The van der Waals surface area contributed by atoms with Crippen LogP contribution in [0.4, 0.5) is 4.79 Å². The number of hydrogen-bond acceptors (Lipinski definition) is 5. The van der Waals surface area contributed by atoms with Crippen molar-refractivity contribution in [2.75, 3.05) is 13.2 Å². The highest BCUT2D eigenvalue weighted by Gasteiger charge is 2.25. The van der Waals surface area contributed by atoms with Gasteiger partial charge < -0.3 is 15.3 Å². The van der Waals surface area contributed by atoms with Crippen molar-refractivity contribution in [3.63, 3.8) is 0 Å². The lowest BCUT2D eigenvalue weighted by Crippen LogP contribution is -2.43. The minimum absolute atomic E-state index is 0.288. The van der Waals surface area contributed by atoms with Crippen molar-refractivity contribution in [1.29, 1.82) is 0 Å². The number of carbonyl (C=O) groups excluding carboxylic acids is 2. The van der Waals surface area contributed by atoms with Crippen molar-refractivity contribution in [2.24, 2.45) is 5.16 Å². The van der Waals surface area contributed by atoms with Gasteiger partial charge in [0, 0.05) is 17.7 Å². The highest BCUT2D eigenvalue weighted by atomic mass is 16.5. The minimum atomic E-state index is -0.512. The Morgan fingerprint density at radius 2 is 1.85 bits per heavy atom. The summed E-state index contributed by atoms with van der Waals surface area (Å²) in [5.41, 5.74) is 8.43. The Hall–Kier alpha value is -3.81. The molecule has 3 amide bonds. The van der Waals surface area contributed by atoms with Crippen LogP contribution in [0.1, 0.15) is 11.1 Å². The molecule has 0 saturated heterocycles. The summed E-state index contributed by atoms with van der Waals surface area (Å²) in [6.45, 7) is 0.601. The van der Waals surface area contributed by atoms with E-state index < -0.39 is 6.03 Å². The van der Waals surface area contributed by atoms with E-state index in [-0.39, 0.29) is 6.54 Å². The van der Waals surface area contributed by atoms with Gasteiger partial charge in [-0.05, 0) is 35.4 Å². The first kappa shape index (κ1) is 18.0. The van der Waals surface area contributed by atoms with Gasteiger partial charge in [-0.2, -0.15) is 0 Å². The molecule has 3 rings (SSSR count). The van der Waals surface area contributed by atoms with E-state index in [1.165, 1.54) is 0 Å². The highest BCUT2D eigenvalue weighted by Crippen LogP contribution is 2.38. The van der Waals surface area contributed by atoms with Gasteiger partial charge in [0.15, 0.2) is 0 Å². The van der Waals surface area contributed by atoms with Crippen molar-refractivity contribution in [3.05, 3.63) is 65.7 Å². The predicted molar refractivity (Wildman–Crippen MR) is 99.7 cm³/mol. The molecule has 0 heterocycles. The molecule has 8 heteroatoms. The fraction of sp³-hybridized carbons (Fsp3) is 0.105. The van der Waals surface area contributed by atoms with Crippen LogP contribution in [0.2, 0.25) is 0 Å². The van der Waals surface area contributed by atoms with Crippen LogP contribution in [0, 0.1) is 0 Å². The van der Waals surface area contributed by atoms with Gasteiger partial charge >= 0.3 is 6.03 Å². The van der Waals surface area contributed by atoms with Crippen LogP contribution < -0.4 is 20.9 Å². The second-order valence-corrected chi connectivity index (χ2v) is 5.58. The van der Waals surface area contributed by atoms with E-state index in [0.717, 1.165) is 22.3 Å². The van der Waals surface area contributed by atoms with E-state index >= 15 is 0 Å². The number of nitrogens with one attached hydrogen (secondary N) is 3. The lowest BCUT2D eigenvalue weighted by molar-refractivity contribution is -0.110. The molecule has 0 aliphatic heterocycles. The van der Waals surface area contributed by atoms with Crippen LogP contribution in [-0.2, 0) is 4.79 Å². The number of carbonyl (C=O) groups is 2. The number of rotatable bonds is 7. The molecule has 1 aliphatic carbocycles. The number of fused-ring (bicyclic) bond motifs is 3. The van der Waals surface area contributed by atoms with Gasteiger partial charge in [0.2, 0.25) is 6.41 Å². The first-order valence-corrected chi connectivity index (χ1v) is 8.21. The number of oxime groups is 1. The van der Waals surface area contributed by atoms with Gasteiger partial charge in [0.25, 0.3) is 0 Å². The van der Waals surface area contributed by atoms with Crippen LogP contribution in [-0.4, -0.2) is 36.5 Å². The Morgan fingerprint density at radius 3 is 2.63 bits per heavy atom. The van der Waals surface area contributed by atoms with Crippen molar-refractivity contribution >= 4 is 18.2 Å². The monoisotopic (exact) mass is 366 g/mol. The molecule has 138 valence electrons. The average Bonchev–Trinajstić information content (AvgIpc) is 3.01. The zero-order chi connectivity index (χ0) is 19.1. The van der Waals surface area contributed by atoms with Crippen molar-refractivity contribution in [2.45, 2.75) is 0 Å². The molecule has 0 saturated carbocycles. The number of benzene rings is 2. The molecule has 1 aliphatic rings. The van der Waals surface area contributed by atoms with E-state index in [1.807, 2.05) is 47.9 Å². The number of ether oxygens (including phenoxy) is 1. The van der Waals surface area contributed by atoms with Gasteiger partial charge in [-0.25, -0.2) is 10.2 Å². The Morgan fingerprint density at radius 1 is 1.07 bits per heavy atom. The van der Waals surface area contributed by atoms with E-state index in [4.69, 9.17) is 4.74 Å². The Kier molecular flexibility index (Phi) is 5.68. The van der Waals surface area contributed by atoms with E-state index in [0.29, 0.717) is 24.5 Å². The maximum Gasteiger partial charge on any atom is 0.333 e. The summed E-state index contributed by atoms with van der Waals surface area (Å²) in [4.78, 5) is 21.2. The van der Waals surface area contributed by atoms with E-state index in [2.05, 4.69) is 15.9 Å². The largest absolute Gasteiger partial charge is 0.490 e. The number of nitrogens with zero attached hydrogens (tertiary/aromatic N) is 1. The number of hydrogen-bond donors (Lipinski definition) is 4. The smallest absolute Gasteiger partial charge is 0.333 e. The summed E-state index contributed by atoms with van der Waals surface area (Å²) in [7, 11) is 0. The molecule has 2 aromatic rings. The van der Waals surface area contributed by atoms with E-state index in [1.54, 1.807) is 12.2 Å². The molecular weight excluding hydrogens is 348 g/mol. The topological polar surface area (TPSA) is 112 Å². The summed E-state index contributed by atoms with van der Waals surface area (Å²) < 4.78 is 5.68. The second-order valence-electron chi connectivity index (χ2n) is 5.58. The molecule has 0 aromatic heterocycles. The zero-order valence-electron chi connectivity index (χ0n) is 14.3. The van der Waals surface area contributed by atoms with Gasteiger partial charge in [0.05, 0.1) is 0 Å². The summed E-state index contributed by atoms with van der Waals surface area (Å²) in [5, 5.41) is 15.4. The fourth-order valence-electron chi connectivity index (χ4n) is 2.81. The predicted octanol–water partition coefficient (Wildman–Crippen LogP) is 1.79. The van der Waals surface area contributed by atoms with E-state index in [9.17, 15) is 14.8 Å². The van der Waals surface area contributed by atoms with Gasteiger partial charge in [0.1, 0.15) is 18.1 Å². The van der Waals surface area contributed by atoms with Crippen molar-refractivity contribution < 1.29 is 19.5 Å². The molecule has 0 unspecified atom stereocenters. The summed E-state index contributed by atoms with van der Waals surface area (Å²) in [6.07, 6.45) is 3.85. The molecule has 0 spiro atoms. The quantitative estimate of drug-likeness (QED) is 0.221. The lowest BCUT2D eigenvalue weighted by Gasteiger charge is -2.06. The molecule has 0 atom stereocenters. The average molecular weight is 366 g/mol. The Bertz CT molecular complexity index is 908. The SMILES string of the molecule is O=CNNC(=O)NC/C=C/COc1ccc2c(c1)/C(=N\O)c1ccccc1-2. The summed E-state index contributed by atoms with van der Waals surface area (Å²) >= 11 is 0. The van der Waals surface area contributed by atoms with Crippen molar-refractivity contribution in [1.82, 2.24) is 16.2 Å². The molecule has 27 heavy (non-hydrogen) atoms. The first-order chi connectivity index (χ1) is 13.2. The van der Waals surface area contributed by atoms with Crippen LogP contribution in [0.3, 0.4) is 0 Å². The molecule has 0 radical (unpaired) electrons. The molecule has 2 aromatic carbocycles. The van der Waals surface area contributed by atoms with Gasteiger partial charge in [-0.3, -0.25) is 10.2 Å². The van der Waals surface area contributed by atoms with Crippen LogP contribution in [0.25, 0.3) is 11.1 Å². The third-order valence-corrected chi connectivity index (χ3v) is 3.96. The fourth-order valence-corrected chi connectivity index (χ4v) is 2.81. The maximum absolute atomic E-state index is 11.2. The number of amides is 3. The molecule has 4 N–H and O–H groups in total. The van der Waals surface area contributed by atoms with Crippen LogP contribution in [0.15, 0.2) is 59.8 Å². The summed E-state index contributed by atoms with van der Waals surface area (Å²) in [6, 6.07) is 12.9. The van der Waals surface area contributed by atoms with Crippen molar-refractivity contribution in [3.8, 4) is 16.9 Å². The molecular formula is C19H18N4O4. The van der Waals surface area contributed by atoms with Crippen LogP contribution in [0.5, 0.6) is 5.75 Å². The maximum atomic E-state index is 11.2. The lowest BCUT2D eigenvalue weighted by atomic mass is 10.1. The number of urea groups is 1. The standard InChI is InChI=1S/C19H18N4O4/c24-12-21-22-19(25)20-9-3-4-10-27-13-7-8-15-14-5-1-2-6-16(14)18(23-26)17(15)11-13/h1-8,11-12,26H,9-10H2,(H,21,24)(H2,20,22,25)/b4-3+,23-18-. The first-order valence-electron chi connectivity index (χ1n) is 8.21.